The molecule has 1 aromatic rings. The number of thiazole rings is 1. The summed E-state index contributed by atoms with van der Waals surface area (Å²) in [7, 11) is 0. The minimum absolute atomic E-state index is 0.216. The molecule has 1 amide bonds. The van der Waals surface area contributed by atoms with Crippen LogP contribution in [-0.2, 0) is 11.3 Å². The number of carbonyl (C=O) groups excluding carboxylic acids is 1. The van der Waals surface area contributed by atoms with Gasteiger partial charge in [0, 0.05) is 11.9 Å². The fraction of sp³-hybridized carbons (Fsp3) is 0.545. The number of nitrogens with one attached hydrogen (secondary N) is 1. The maximum Gasteiger partial charge on any atom is 0.329 e. The predicted octanol–water partition coefficient (Wildman–Crippen LogP) is 0.975. The van der Waals surface area contributed by atoms with Crippen molar-refractivity contribution >= 4 is 23.2 Å². The summed E-state index contributed by atoms with van der Waals surface area (Å²) in [5, 5.41) is 14.0. The molecule has 0 aliphatic rings. The van der Waals surface area contributed by atoms with Crippen LogP contribution in [0.25, 0.3) is 0 Å². The zero-order valence-electron chi connectivity index (χ0n) is 10.4. The Kier molecular flexibility index (Phi) is 4.80. The first-order valence-corrected chi connectivity index (χ1v) is 6.57. The van der Waals surface area contributed by atoms with Gasteiger partial charge in [0.1, 0.15) is 16.2 Å². The molecule has 7 heteroatoms. The summed E-state index contributed by atoms with van der Waals surface area (Å²) >= 11 is 1.28. The fourth-order valence-electron chi connectivity index (χ4n) is 1.57. The standard InChI is InChI=1S/C11H17N3O3S/c1-3-11(4-2,10(16)17)14-9(15)7-6-18-8(5-12)13-7/h6H,3-5,12H2,1-2H3,(H,14,15)(H,16,17). The molecular formula is C11H17N3O3S. The number of carboxylic acids is 1. The van der Waals surface area contributed by atoms with E-state index in [0.717, 1.165) is 0 Å². The maximum absolute atomic E-state index is 11.9. The van der Waals surface area contributed by atoms with Gasteiger partial charge in [0.25, 0.3) is 5.91 Å². The predicted molar refractivity (Wildman–Crippen MR) is 68.4 cm³/mol. The Balaban J connectivity index is 2.88. The van der Waals surface area contributed by atoms with Crippen LogP contribution in [0.3, 0.4) is 0 Å². The van der Waals surface area contributed by atoms with Gasteiger partial charge in [0.15, 0.2) is 0 Å². The van der Waals surface area contributed by atoms with Crippen molar-refractivity contribution in [1.82, 2.24) is 10.3 Å². The highest BCUT2D eigenvalue weighted by atomic mass is 32.1. The van der Waals surface area contributed by atoms with Crippen molar-refractivity contribution in [2.45, 2.75) is 38.8 Å². The van der Waals surface area contributed by atoms with Crippen LogP contribution in [0, 0.1) is 0 Å². The summed E-state index contributed by atoms with van der Waals surface area (Å²) in [4.78, 5) is 27.2. The van der Waals surface area contributed by atoms with Crippen molar-refractivity contribution in [2.24, 2.45) is 5.73 Å². The molecule has 0 saturated carbocycles. The number of nitrogens with two attached hydrogens (primary N) is 1. The second-order valence-electron chi connectivity index (χ2n) is 3.88. The summed E-state index contributed by atoms with van der Waals surface area (Å²) in [6, 6.07) is 0. The number of aliphatic carboxylic acids is 1. The lowest BCUT2D eigenvalue weighted by Crippen LogP contribution is -2.53. The zero-order chi connectivity index (χ0) is 13.8. The average molecular weight is 271 g/mol. The van der Waals surface area contributed by atoms with E-state index in [0.29, 0.717) is 17.8 Å². The second-order valence-corrected chi connectivity index (χ2v) is 4.82. The van der Waals surface area contributed by atoms with Crippen molar-refractivity contribution in [1.29, 1.82) is 0 Å². The third kappa shape index (κ3) is 2.85. The normalized spacial score (nSPS) is 11.3. The summed E-state index contributed by atoms with van der Waals surface area (Å²) in [6.07, 6.45) is 0.636. The maximum atomic E-state index is 11.9. The van der Waals surface area contributed by atoms with E-state index in [1.807, 2.05) is 0 Å². The van der Waals surface area contributed by atoms with Gasteiger partial charge in [-0.2, -0.15) is 0 Å². The quantitative estimate of drug-likeness (QED) is 0.715. The van der Waals surface area contributed by atoms with Crippen LogP contribution in [0.4, 0.5) is 0 Å². The van der Waals surface area contributed by atoms with Crippen molar-refractivity contribution in [2.75, 3.05) is 0 Å². The third-order valence-corrected chi connectivity index (χ3v) is 3.80. The lowest BCUT2D eigenvalue weighted by molar-refractivity contribution is -0.144. The number of aromatic nitrogens is 1. The van der Waals surface area contributed by atoms with E-state index >= 15 is 0 Å². The topological polar surface area (TPSA) is 105 Å². The molecule has 1 rings (SSSR count). The Bertz CT molecular complexity index is 440. The summed E-state index contributed by atoms with van der Waals surface area (Å²) in [6.45, 7) is 3.72. The van der Waals surface area contributed by atoms with E-state index < -0.39 is 17.4 Å². The highest BCUT2D eigenvalue weighted by molar-refractivity contribution is 7.09. The van der Waals surface area contributed by atoms with Gasteiger partial charge in [-0.1, -0.05) is 13.8 Å². The first kappa shape index (κ1) is 14.6. The Morgan fingerprint density at radius 3 is 2.50 bits per heavy atom. The molecule has 1 aromatic heterocycles. The number of rotatable bonds is 6. The van der Waals surface area contributed by atoms with Crippen LogP contribution in [0.2, 0.25) is 0 Å². The fourth-order valence-corrected chi connectivity index (χ4v) is 2.23. The molecule has 1 heterocycles. The monoisotopic (exact) mass is 271 g/mol. The van der Waals surface area contributed by atoms with Gasteiger partial charge in [0.05, 0.1) is 0 Å². The van der Waals surface area contributed by atoms with Crippen LogP contribution in [0.5, 0.6) is 0 Å². The lowest BCUT2D eigenvalue weighted by atomic mass is 9.93. The van der Waals surface area contributed by atoms with E-state index in [1.165, 1.54) is 11.3 Å². The smallest absolute Gasteiger partial charge is 0.329 e. The molecule has 0 saturated heterocycles. The van der Waals surface area contributed by atoms with Gasteiger partial charge in [-0.3, -0.25) is 4.79 Å². The molecule has 0 fully saturated rings. The van der Waals surface area contributed by atoms with E-state index in [9.17, 15) is 14.7 Å². The average Bonchev–Trinajstić information content (AvgIpc) is 2.84. The van der Waals surface area contributed by atoms with Gasteiger partial charge in [0.2, 0.25) is 0 Å². The molecule has 100 valence electrons. The Labute approximate surface area is 109 Å². The summed E-state index contributed by atoms with van der Waals surface area (Å²) in [5.41, 5.74) is 4.40. The highest BCUT2D eigenvalue weighted by Gasteiger charge is 2.36. The SMILES string of the molecule is CCC(CC)(NC(=O)c1csc(CN)n1)C(=O)O. The summed E-state index contributed by atoms with van der Waals surface area (Å²) < 4.78 is 0. The molecule has 0 aliphatic carbocycles. The molecule has 0 atom stereocenters. The van der Waals surface area contributed by atoms with E-state index in [-0.39, 0.29) is 12.2 Å². The van der Waals surface area contributed by atoms with Gasteiger partial charge in [-0.15, -0.1) is 11.3 Å². The Morgan fingerprint density at radius 1 is 1.50 bits per heavy atom. The molecule has 0 spiro atoms. The largest absolute Gasteiger partial charge is 0.480 e. The van der Waals surface area contributed by atoms with Crippen LogP contribution in [0.1, 0.15) is 42.2 Å². The number of carbonyl (C=O) groups is 2. The molecule has 4 N–H and O–H groups in total. The van der Waals surface area contributed by atoms with E-state index in [2.05, 4.69) is 10.3 Å². The molecule has 0 bridgehead atoms. The Morgan fingerprint density at radius 2 is 2.11 bits per heavy atom. The summed E-state index contributed by atoms with van der Waals surface area (Å²) in [5.74, 6) is -1.51. The van der Waals surface area contributed by atoms with Crippen LogP contribution in [0.15, 0.2) is 5.38 Å². The highest BCUT2D eigenvalue weighted by Crippen LogP contribution is 2.17. The number of amides is 1. The van der Waals surface area contributed by atoms with Crippen molar-refractivity contribution in [3.05, 3.63) is 16.1 Å². The Hall–Kier alpha value is -1.47. The molecular weight excluding hydrogens is 254 g/mol. The number of hydrogen-bond donors (Lipinski definition) is 3. The molecule has 0 unspecified atom stereocenters. The molecule has 18 heavy (non-hydrogen) atoms. The first-order chi connectivity index (χ1) is 8.49. The zero-order valence-corrected chi connectivity index (χ0v) is 11.2. The number of carboxylic acid groups (broad SMARTS) is 1. The first-order valence-electron chi connectivity index (χ1n) is 5.69. The van der Waals surface area contributed by atoms with E-state index in [1.54, 1.807) is 19.2 Å². The van der Waals surface area contributed by atoms with Crippen LogP contribution in [-0.4, -0.2) is 27.5 Å². The molecule has 0 aromatic carbocycles. The third-order valence-electron chi connectivity index (χ3n) is 2.93. The number of nitrogens with zero attached hydrogens (tertiary/aromatic N) is 1. The number of hydrogen-bond acceptors (Lipinski definition) is 5. The van der Waals surface area contributed by atoms with Gasteiger partial charge in [-0.25, -0.2) is 9.78 Å². The second kappa shape index (κ2) is 5.92. The van der Waals surface area contributed by atoms with Gasteiger partial charge >= 0.3 is 5.97 Å². The molecule has 0 radical (unpaired) electrons. The lowest BCUT2D eigenvalue weighted by Gasteiger charge is -2.27. The van der Waals surface area contributed by atoms with Gasteiger partial charge < -0.3 is 16.2 Å². The molecule has 0 aliphatic heterocycles. The van der Waals surface area contributed by atoms with Crippen molar-refractivity contribution in [3.63, 3.8) is 0 Å². The molecule has 6 nitrogen and oxygen atoms in total. The van der Waals surface area contributed by atoms with Crippen LogP contribution >= 0.6 is 11.3 Å². The van der Waals surface area contributed by atoms with Gasteiger partial charge in [-0.05, 0) is 12.8 Å². The van der Waals surface area contributed by atoms with E-state index in [4.69, 9.17) is 5.73 Å². The van der Waals surface area contributed by atoms with Crippen molar-refractivity contribution in [3.8, 4) is 0 Å². The van der Waals surface area contributed by atoms with Crippen molar-refractivity contribution < 1.29 is 14.7 Å². The minimum atomic E-state index is -1.23. The minimum Gasteiger partial charge on any atom is -0.480 e. The van der Waals surface area contributed by atoms with Crippen LogP contribution < -0.4 is 11.1 Å².